The highest BCUT2D eigenvalue weighted by Crippen LogP contribution is 2.22. The Morgan fingerprint density at radius 2 is 1.75 bits per heavy atom. The SMILES string of the molecule is CC(C)(C)OC(=O)N1CC2=C(CNC2)C1.O. The predicted molar refractivity (Wildman–Crippen MR) is 61.3 cm³/mol. The summed E-state index contributed by atoms with van der Waals surface area (Å²) in [6.07, 6.45) is -0.197. The molecule has 0 saturated carbocycles. The van der Waals surface area contributed by atoms with E-state index in [2.05, 4.69) is 5.32 Å². The first-order valence-corrected chi connectivity index (χ1v) is 5.34. The number of carbonyl (C=O) groups is 1. The molecule has 0 fully saturated rings. The summed E-state index contributed by atoms with van der Waals surface area (Å²) in [5, 5.41) is 3.28. The molecule has 2 aliphatic rings. The molecule has 0 aromatic heterocycles. The van der Waals surface area contributed by atoms with Gasteiger partial charge in [-0.25, -0.2) is 4.79 Å². The van der Waals surface area contributed by atoms with Crippen molar-refractivity contribution in [1.82, 2.24) is 10.2 Å². The Bertz CT molecular complexity index is 302. The van der Waals surface area contributed by atoms with Gasteiger partial charge in [0.2, 0.25) is 0 Å². The summed E-state index contributed by atoms with van der Waals surface area (Å²) < 4.78 is 5.33. The molecule has 0 unspecified atom stereocenters. The predicted octanol–water partition coefficient (Wildman–Crippen LogP) is 0.312. The second-order valence-electron chi connectivity index (χ2n) is 5.15. The molecule has 92 valence electrons. The van der Waals surface area contributed by atoms with Crippen molar-refractivity contribution in [2.75, 3.05) is 26.2 Å². The minimum absolute atomic E-state index is 0. The Morgan fingerprint density at radius 1 is 1.25 bits per heavy atom. The van der Waals surface area contributed by atoms with Crippen molar-refractivity contribution in [2.45, 2.75) is 26.4 Å². The summed E-state index contributed by atoms with van der Waals surface area (Å²) in [4.78, 5) is 13.5. The summed E-state index contributed by atoms with van der Waals surface area (Å²) in [6, 6.07) is 0. The molecule has 16 heavy (non-hydrogen) atoms. The molecule has 0 aromatic rings. The van der Waals surface area contributed by atoms with Crippen LogP contribution in [0, 0.1) is 0 Å². The van der Waals surface area contributed by atoms with E-state index in [1.165, 1.54) is 11.1 Å². The molecule has 5 nitrogen and oxygen atoms in total. The highest BCUT2D eigenvalue weighted by atomic mass is 16.6. The van der Waals surface area contributed by atoms with Gasteiger partial charge >= 0.3 is 6.09 Å². The zero-order chi connectivity index (χ0) is 11.1. The van der Waals surface area contributed by atoms with Gasteiger partial charge < -0.3 is 20.4 Å². The fraction of sp³-hybridized carbons (Fsp3) is 0.727. The Hall–Kier alpha value is -1.07. The van der Waals surface area contributed by atoms with E-state index in [1.807, 2.05) is 20.8 Å². The molecular formula is C11H20N2O3. The van der Waals surface area contributed by atoms with Crippen LogP contribution in [0.1, 0.15) is 20.8 Å². The van der Waals surface area contributed by atoms with Crippen LogP contribution >= 0.6 is 0 Å². The Labute approximate surface area is 95.8 Å². The van der Waals surface area contributed by atoms with Crippen molar-refractivity contribution in [3.05, 3.63) is 11.1 Å². The van der Waals surface area contributed by atoms with Crippen molar-refractivity contribution in [3.63, 3.8) is 0 Å². The number of amides is 1. The number of hydrogen-bond donors (Lipinski definition) is 1. The van der Waals surface area contributed by atoms with Gasteiger partial charge in [-0.1, -0.05) is 0 Å². The summed E-state index contributed by atoms with van der Waals surface area (Å²) in [5.74, 6) is 0. The standard InChI is InChI=1S/C11H18N2O2.H2O/c1-11(2,3)15-10(14)13-6-8-4-12-5-9(8)7-13;/h12H,4-7H2,1-3H3;1H2. The lowest BCUT2D eigenvalue weighted by atomic mass is 10.2. The lowest BCUT2D eigenvalue weighted by molar-refractivity contribution is 0.0297. The minimum atomic E-state index is -0.400. The van der Waals surface area contributed by atoms with E-state index >= 15 is 0 Å². The maximum absolute atomic E-state index is 11.7. The fourth-order valence-electron chi connectivity index (χ4n) is 1.92. The molecule has 2 aliphatic heterocycles. The van der Waals surface area contributed by atoms with Crippen molar-refractivity contribution in [1.29, 1.82) is 0 Å². The summed E-state index contributed by atoms with van der Waals surface area (Å²) in [6.45, 7) is 8.99. The maximum atomic E-state index is 11.7. The minimum Gasteiger partial charge on any atom is -0.444 e. The average Bonchev–Trinajstić information content (AvgIpc) is 2.56. The molecule has 0 aromatic carbocycles. The van der Waals surface area contributed by atoms with Crippen LogP contribution in [0.15, 0.2) is 11.1 Å². The summed E-state index contributed by atoms with van der Waals surface area (Å²) in [5.41, 5.74) is 2.32. The molecule has 5 heteroatoms. The largest absolute Gasteiger partial charge is 0.444 e. The third kappa shape index (κ3) is 2.74. The van der Waals surface area contributed by atoms with Crippen LogP contribution in [0.3, 0.4) is 0 Å². The summed E-state index contributed by atoms with van der Waals surface area (Å²) >= 11 is 0. The van der Waals surface area contributed by atoms with E-state index in [4.69, 9.17) is 4.74 Å². The van der Waals surface area contributed by atoms with Gasteiger partial charge in [-0.05, 0) is 31.9 Å². The zero-order valence-electron chi connectivity index (χ0n) is 10.1. The molecular weight excluding hydrogens is 208 g/mol. The Kier molecular flexibility index (Phi) is 3.60. The van der Waals surface area contributed by atoms with Crippen LogP contribution in [-0.4, -0.2) is 48.2 Å². The average molecular weight is 228 g/mol. The second-order valence-corrected chi connectivity index (χ2v) is 5.15. The van der Waals surface area contributed by atoms with Gasteiger partial charge in [-0.15, -0.1) is 0 Å². The molecule has 0 aliphatic carbocycles. The molecule has 2 rings (SSSR count). The van der Waals surface area contributed by atoms with Crippen LogP contribution in [0.4, 0.5) is 4.79 Å². The van der Waals surface area contributed by atoms with Crippen LogP contribution in [0.2, 0.25) is 0 Å². The van der Waals surface area contributed by atoms with E-state index in [0.29, 0.717) is 0 Å². The van der Waals surface area contributed by atoms with Crippen molar-refractivity contribution < 1.29 is 15.0 Å². The number of nitrogens with zero attached hydrogens (tertiary/aromatic N) is 1. The van der Waals surface area contributed by atoms with E-state index < -0.39 is 5.60 Å². The molecule has 0 spiro atoms. The zero-order valence-corrected chi connectivity index (χ0v) is 10.1. The first-order valence-electron chi connectivity index (χ1n) is 5.34. The quantitative estimate of drug-likeness (QED) is 0.606. The Morgan fingerprint density at radius 3 is 2.19 bits per heavy atom. The van der Waals surface area contributed by atoms with E-state index in [9.17, 15) is 4.79 Å². The highest BCUT2D eigenvalue weighted by molar-refractivity contribution is 5.70. The first kappa shape index (κ1) is 13.0. The van der Waals surface area contributed by atoms with Crippen LogP contribution in [0.5, 0.6) is 0 Å². The van der Waals surface area contributed by atoms with Gasteiger partial charge in [0.25, 0.3) is 0 Å². The molecule has 0 radical (unpaired) electrons. The monoisotopic (exact) mass is 228 g/mol. The van der Waals surface area contributed by atoms with Crippen molar-refractivity contribution in [2.24, 2.45) is 0 Å². The van der Waals surface area contributed by atoms with Crippen molar-refractivity contribution in [3.8, 4) is 0 Å². The van der Waals surface area contributed by atoms with E-state index in [1.54, 1.807) is 4.90 Å². The fourth-order valence-corrected chi connectivity index (χ4v) is 1.92. The first-order chi connectivity index (χ1) is 6.96. The van der Waals surface area contributed by atoms with Gasteiger partial charge in [0.1, 0.15) is 5.60 Å². The van der Waals surface area contributed by atoms with Crippen LogP contribution in [0.25, 0.3) is 0 Å². The van der Waals surface area contributed by atoms with Gasteiger partial charge in [-0.2, -0.15) is 0 Å². The topological polar surface area (TPSA) is 73.1 Å². The lowest BCUT2D eigenvalue weighted by Gasteiger charge is -2.25. The number of hydrogen-bond acceptors (Lipinski definition) is 3. The van der Waals surface area contributed by atoms with Crippen LogP contribution < -0.4 is 5.32 Å². The normalized spacial score (nSPS) is 19.6. The third-order valence-electron chi connectivity index (χ3n) is 2.59. The molecule has 2 heterocycles. The van der Waals surface area contributed by atoms with Gasteiger partial charge in [0.05, 0.1) is 0 Å². The third-order valence-corrected chi connectivity index (χ3v) is 2.59. The lowest BCUT2D eigenvalue weighted by Crippen LogP contribution is -2.37. The number of nitrogens with one attached hydrogen (secondary N) is 1. The molecule has 0 bridgehead atoms. The van der Waals surface area contributed by atoms with Gasteiger partial charge in [0, 0.05) is 26.2 Å². The van der Waals surface area contributed by atoms with E-state index in [-0.39, 0.29) is 11.6 Å². The van der Waals surface area contributed by atoms with Crippen molar-refractivity contribution >= 4 is 6.09 Å². The van der Waals surface area contributed by atoms with Crippen LogP contribution in [-0.2, 0) is 4.74 Å². The smallest absolute Gasteiger partial charge is 0.410 e. The molecule has 1 amide bonds. The van der Waals surface area contributed by atoms with E-state index in [0.717, 1.165) is 26.2 Å². The second kappa shape index (κ2) is 4.43. The van der Waals surface area contributed by atoms with Gasteiger partial charge in [0.15, 0.2) is 0 Å². The molecule has 0 saturated heterocycles. The molecule has 0 atom stereocenters. The van der Waals surface area contributed by atoms with Gasteiger partial charge in [-0.3, -0.25) is 0 Å². The number of rotatable bonds is 0. The maximum Gasteiger partial charge on any atom is 0.410 e. The summed E-state index contributed by atoms with van der Waals surface area (Å²) in [7, 11) is 0. The Balaban J connectivity index is 0.00000128. The molecule has 3 N–H and O–H groups in total. The number of ether oxygens (including phenoxy) is 1. The highest BCUT2D eigenvalue weighted by Gasteiger charge is 2.30. The number of carbonyl (C=O) groups excluding carboxylic acids is 1.